The molecule has 0 radical (unpaired) electrons. The molecule has 0 aromatic carbocycles. The summed E-state index contributed by atoms with van der Waals surface area (Å²) in [5.74, 6) is 0. The first-order chi connectivity index (χ1) is 12.3. The molecule has 2 aromatic rings. The quantitative estimate of drug-likeness (QED) is 0.762. The number of nitrogens with one attached hydrogen (secondary N) is 1. The Hall–Kier alpha value is -1.97. The van der Waals surface area contributed by atoms with Gasteiger partial charge in [-0.05, 0) is 26.0 Å². The summed E-state index contributed by atoms with van der Waals surface area (Å²) in [5.41, 5.74) is 0.628. The normalized spacial score (nSPS) is 16.2. The summed E-state index contributed by atoms with van der Waals surface area (Å²) in [4.78, 5) is 18.4. The maximum atomic E-state index is 12.6. The van der Waals surface area contributed by atoms with E-state index in [2.05, 4.69) is 10.1 Å². The number of aromatic nitrogens is 3. The summed E-state index contributed by atoms with van der Waals surface area (Å²) >= 11 is 6.30. The number of halogens is 1. The number of hydrogen-bond acceptors (Lipinski definition) is 6. The monoisotopic (exact) mass is 398 g/mol. The Bertz CT molecular complexity index is 938. The first-order valence-corrected chi connectivity index (χ1v) is 10.3. The highest BCUT2D eigenvalue weighted by Crippen LogP contribution is 2.21. The number of quaternary nitrogens is 1. The standard InChI is InChI=1S/C16H20ClN5O3S/c1-12(2)26(24,25)21-8-6-20(7-9-21)14-11-19-22(16(23)15(14)17)13-4-3-5-18-10-13/h3-5,10-12H,6-9H2,1-2H3/p+1. The Labute approximate surface area is 157 Å². The molecule has 0 amide bonds. The Morgan fingerprint density at radius 2 is 1.92 bits per heavy atom. The van der Waals surface area contributed by atoms with Gasteiger partial charge >= 0.3 is 0 Å². The second-order valence-electron chi connectivity index (χ2n) is 6.39. The lowest BCUT2D eigenvalue weighted by molar-refractivity contribution is -0.768. The lowest BCUT2D eigenvalue weighted by atomic mass is 10.3. The van der Waals surface area contributed by atoms with E-state index in [1.165, 1.54) is 10.9 Å². The SMILES string of the molecule is CC(C)S(=O)(=O)[NH+]1CCN(c2cnn(-c3cccnc3)c(=O)c2Cl)CC1. The van der Waals surface area contributed by atoms with Crippen LogP contribution in [0, 0.1) is 0 Å². The minimum Gasteiger partial charge on any atom is -0.357 e. The molecule has 8 nitrogen and oxygen atoms in total. The summed E-state index contributed by atoms with van der Waals surface area (Å²) < 4.78 is 26.4. The summed E-state index contributed by atoms with van der Waals surface area (Å²) in [5, 5.41) is 3.84. The van der Waals surface area contributed by atoms with Gasteiger partial charge in [0.05, 0.1) is 36.9 Å². The Kier molecular flexibility index (Phi) is 5.31. The van der Waals surface area contributed by atoms with E-state index in [9.17, 15) is 13.2 Å². The van der Waals surface area contributed by atoms with Crippen molar-refractivity contribution in [2.45, 2.75) is 19.1 Å². The minimum absolute atomic E-state index is 0.0685. The van der Waals surface area contributed by atoms with E-state index in [1.54, 1.807) is 38.4 Å². The maximum Gasteiger partial charge on any atom is 0.297 e. The molecule has 2 aromatic heterocycles. The van der Waals surface area contributed by atoms with E-state index < -0.39 is 20.8 Å². The average Bonchev–Trinajstić information content (AvgIpc) is 2.64. The molecule has 140 valence electrons. The summed E-state index contributed by atoms with van der Waals surface area (Å²) in [6.45, 7) is 5.21. The summed E-state index contributed by atoms with van der Waals surface area (Å²) in [6, 6.07) is 3.43. The fourth-order valence-corrected chi connectivity index (χ4v) is 4.59. The van der Waals surface area contributed by atoms with Crippen LogP contribution in [0.3, 0.4) is 0 Å². The van der Waals surface area contributed by atoms with Gasteiger partial charge in [0.15, 0.2) is 0 Å². The zero-order valence-corrected chi connectivity index (χ0v) is 16.2. The summed E-state index contributed by atoms with van der Waals surface area (Å²) in [7, 11) is -3.20. The minimum atomic E-state index is -3.20. The van der Waals surface area contributed by atoms with Crippen molar-refractivity contribution in [2.75, 3.05) is 31.1 Å². The zero-order chi connectivity index (χ0) is 18.9. The fraction of sp³-hybridized carbons (Fsp3) is 0.438. The molecule has 0 atom stereocenters. The molecule has 1 fully saturated rings. The van der Waals surface area contributed by atoms with Crippen LogP contribution in [0.2, 0.25) is 5.02 Å². The van der Waals surface area contributed by atoms with E-state index in [4.69, 9.17) is 11.6 Å². The van der Waals surface area contributed by atoms with E-state index in [-0.39, 0.29) is 5.02 Å². The number of hydrogen-bond donors (Lipinski definition) is 1. The third-order valence-corrected chi connectivity index (χ3v) is 7.29. The van der Waals surface area contributed by atoms with Gasteiger partial charge in [-0.3, -0.25) is 9.78 Å². The molecule has 1 aliphatic rings. The third-order valence-electron chi connectivity index (χ3n) is 4.48. The molecule has 0 unspecified atom stereocenters. The molecule has 10 heteroatoms. The van der Waals surface area contributed by atoms with Crippen molar-refractivity contribution in [3.05, 3.63) is 46.1 Å². The molecule has 0 aliphatic carbocycles. The van der Waals surface area contributed by atoms with Crippen LogP contribution in [0.5, 0.6) is 0 Å². The van der Waals surface area contributed by atoms with Crippen LogP contribution in [-0.4, -0.2) is 54.6 Å². The van der Waals surface area contributed by atoms with Crippen molar-refractivity contribution in [1.82, 2.24) is 14.8 Å². The molecule has 1 aliphatic heterocycles. The van der Waals surface area contributed by atoms with Crippen LogP contribution in [-0.2, 0) is 10.0 Å². The van der Waals surface area contributed by atoms with Gasteiger partial charge < -0.3 is 4.90 Å². The lowest BCUT2D eigenvalue weighted by Gasteiger charge is -2.33. The van der Waals surface area contributed by atoms with Gasteiger partial charge in [0.1, 0.15) is 23.4 Å². The van der Waals surface area contributed by atoms with Crippen molar-refractivity contribution < 1.29 is 12.7 Å². The highest BCUT2D eigenvalue weighted by atomic mass is 35.5. The van der Waals surface area contributed by atoms with E-state index in [0.29, 0.717) is 41.9 Å². The second kappa shape index (κ2) is 7.34. The molecule has 0 spiro atoms. The van der Waals surface area contributed by atoms with Crippen molar-refractivity contribution >= 4 is 27.3 Å². The van der Waals surface area contributed by atoms with Crippen molar-refractivity contribution in [2.24, 2.45) is 0 Å². The Morgan fingerprint density at radius 1 is 1.23 bits per heavy atom. The zero-order valence-electron chi connectivity index (χ0n) is 14.6. The van der Waals surface area contributed by atoms with Gasteiger partial charge in [0.25, 0.3) is 15.6 Å². The van der Waals surface area contributed by atoms with E-state index >= 15 is 0 Å². The van der Waals surface area contributed by atoms with Crippen LogP contribution in [0.4, 0.5) is 5.69 Å². The predicted octanol–water partition coefficient (Wildman–Crippen LogP) is -0.276. The number of anilines is 1. The Balaban J connectivity index is 1.82. The molecule has 26 heavy (non-hydrogen) atoms. The molecule has 0 saturated carbocycles. The molecule has 3 heterocycles. The van der Waals surface area contributed by atoms with Gasteiger partial charge in [-0.1, -0.05) is 11.6 Å². The predicted molar refractivity (Wildman–Crippen MR) is 99.6 cm³/mol. The van der Waals surface area contributed by atoms with Gasteiger partial charge in [0.2, 0.25) is 0 Å². The molecule has 0 bridgehead atoms. The van der Waals surface area contributed by atoms with Crippen LogP contribution in [0.15, 0.2) is 35.5 Å². The first-order valence-electron chi connectivity index (χ1n) is 8.34. The summed E-state index contributed by atoms with van der Waals surface area (Å²) in [6.07, 6.45) is 4.68. The number of nitrogens with zero attached hydrogens (tertiary/aromatic N) is 4. The molecular weight excluding hydrogens is 378 g/mol. The van der Waals surface area contributed by atoms with Gasteiger partial charge in [0, 0.05) is 6.20 Å². The van der Waals surface area contributed by atoms with Gasteiger partial charge in [-0.25, -0.2) is 4.31 Å². The third kappa shape index (κ3) is 3.46. The Morgan fingerprint density at radius 3 is 2.50 bits per heavy atom. The van der Waals surface area contributed by atoms with Crippen LogP contribution in [0.1, 0.15) is 13.8 Å². The molecule has 3 rings (SSSR count). The maximum absolute atomic E-state index is 12.6. The van der Waals surface area contributed by atoms with Crippen LogP contribution >= 0.6 is 11.6 Å². The molecular formula is C16H21ClN5O3S+. The number of sulfonamides is 1. The number of piperazine rings is 1. The average molecular weight is 399 g/mol. The van der Waals surface area contributed by atoms with Crippen molar-refractivity contribution in [3.63, 3.8) is 0 Å². The molecule has 1 N–H and O–H groups in total. The number of pyridine rings is 1. The fourth-order valence-electron chi connectivity index (χ4n) is 2.92. The lowest BCUT2D eigenvalue weighted by Crippen LogP contribution is -3.17. The number of rotatable bonds is 4. The topological polar surface area (TPSA) is 89.6 Å². The van der Waals surface area contributed by atoms with Gasteiger partial charge in [-0.15, -0.1) is 0 Å². The first kappa shape index (κ1) is 18.8. The molecule has 1 saturated heterocycles. The van der Waals surface area contributed by atoms with E-state index in [1.807, 2.05) is 4.90 Å². The second-order valence-corrected chi connectivity index (χ2v) is 9.38. The smallest absolute Gasteiger partial charge is 0.297 e. The van der Waals surface area contributed by atoms with Gasteiger partial charge in [-0.2, -0.15) is 18.2 Å². The largest absolute Gasteiger partial charge is 0.357 e. The highest BCUT2D eigenvalue weighted by Gasteiger charge is 2.33. The van der Waals surface area contributed by atoms with Crippen LogP contribution in [0.25, 0.3) is 5.69 Å². The van der Waals surface area contributed by atoms with Crippen LogP contribution < -0.4 is 14.8 Å². The van der Waals surface area contributed by atoms with E-state index in [0.717, 1.165) is 0 Å². The van der Waals surface area contributed by atoms with Crippen molar-refractivity contribution in [1.29, 1.82) is 0 Å². The highest BCUT2D eigenvalue weighted by molar-refractivity contribution is 7.85. The van der Waals surface area contributed by atoms with Crippen molar-refractivity contribution in [3.8, 4) is 5.69 Å².